The van der Waals surface area contributed by atoms with E-state index >= 15 is 0 Å². The molecule has 0 unspecified atom stereocenters. The van der Waals surface area contributed by atoms with Gasteiger partial charge in [0.2, 0.25) is 0 Å². The summed E-state index contributed by atoms with van der Waals surface area (Å²) in [5, 5.41) is 2.99. The number of hydrogen-bond donors (Lipinski definition) is 1. The average molecular weight is 448 g/mol. The van der Waals surface area contributed by atoms with E-state index in [4.69, 9.17) is 4.74 Å². The van der Waals surface area contributed by atoms with E-state index in [1.165, 1.54) is 6.42 Å². The van der Waals surface area contributed by atoms with E-state index in [2.05, 4.69) is 9.71 Å². The molecule has 0 spiro atoms. The molecule has 1 aliphatic carbocycles. The summed E-state index contributed by atoms with van der Waals surface area (Å²) in [6.07, 6.45) is 5.85. The Balaban J connectivity index is 1.37. The van der Waals surface area contributed by atoms with Crippen molar-refractivity contribution in [3.63, 3.8) is 0 Å². The van der Waals surface area contributed by atoms with Crippen LogP contribution in [0.3, 0.4) is 0 Å². The second kappa shape index (κ2) is 8.98. The Labute approximate surface area is 183 Å². The lowest BCUT2D eigenvalue weighted by Crippen LogP contribution is -2.46. The molecule has 1 saturated carbocycles. The van der Waals surface area contributed by atoms with Gasteiger partial charge in [-0.25, -0.2) is 0 Å². The van der Waals surface area contributed by atoms with Crippen LogP contribution in [0, 0.1) is 5.92 Å². The third kappa shape index (κ3) is 4.76. The largest absolute Gasteiger partial charge is 0.452 e. The zero-order valence-electron chi connectivity index (χ0n) is 17.7. The van der Waals surface area contributed by atoms with Gasteiger partial charge in [0.15, 0.2) is 11.9 Å². The first kappa shape index (κ1) is 21.8. The van der Waals surface area contributed by atoms with E-state index in [-0.39, 0.29) is 16.8 Å². The lowest BCUT2D eigenvalue weighted by molar-refractivity contribution is -0.160. The van der Waals surface area contributed by atoms with Gasteiger partial charge >= 0.3 is 5.97 Å². The van der Waals surface area contributed by atoms with Gasteiger partial charge in [-0.05, 0) is 44.7 Å². The van der Waals surface area contributed by atoms with Gasteiger partial charge in [0.1, 0.15) is 4.90 Å². The molecule has 1 saturated heterocycles. The van der Waals surface area contributed by atoms with Crippen LogP contribution in [0.5, 0.6) is 0 Å². The van der Waals surface area contributed by atoms with Crippen molar-refractivity contribution in [2.45, 2.75) is 68.9 Å². The molecule has 0 radical (unpaired) electrons. The van der Waals surface area contributed by atoms with Crippen molar-refractivity contribution < 1.29 is 22.7 Å². The van der Waals surface area contributed by atoms with Crippen LogP contribution in [-0.4, -0.2) is 56.3 Å². The van der Waals surface area contributed by atoms with Crippen molar-refractivity contribution in [2.24, 2.45) is 10.3 Å². The summed E-state index contributed by atoms with van der Waals surface area (Å²) in [6, 6.07) is 6.89. The fourth-order valence-corrected chi connectivity index (χ4v) is 5.80. The third-order valence-corrected chi connectivity index (χ3v) is 7.61. The zero-order chi connectivity index (χ0) is 22.0. The summed E-state index contributed by atoms with van der Waals surface area (Å²) < 4.78 is 34.1. The summed E-state index contributed by atoms with van der Waals surface area (Å²) in [5.74, 6) is -0.730. The van der Waals surface area contributed by atoms with Gasteiger partial charge in [-0.1, -0.05) is 31.4 Å². The number of hydrogen-bond acceptors (Lipinski definition) is 6. The molecule has 1 amide bonds. The monoisotopic (exact) mass is 447 g/mol. The average Bonchev–Trinajstić information content (AvgIpc) is 3.05. The highest BCUT2D eigenvalue weighted by Crippen LogP contribution is 2.30. The Morgan fingerprint density at radius 1 is 1.13 bits per heavy atom. The maximum atomic E-state index is 12.8. The number of likely N-dealkylation sites (tertiary alicyclic amines) is 1. The number of benzene rings is 1. The molecule has 31 heavy (non-hydrogen) atoms. The number of nitrogens with zero attached hydrogens (tertiary/aromatic N) is 2. The lowest BCUT2D eigenvalue weighted by atomic mass is 9.95. The molecule has 2 atom stereocenters. The van der Waals surface area contributed by atoms with Gasteiger partial charge in [0, 0.05) is 24.7 Å². The van der Waals surface area contributed by atoms with Crippen molar-refractivity contribution in [3.05, 3.63) is 29.8 Å². The second-order valence-corrected chi connectivity index (χ2v) is 10.2. The van der Waals surface area contributed by atoms with Crippen LogP contribution in [-0.2, 0) is 24.3 Å². The number of piperidine rings is 1. The molecule has 0 aromatic heterocycles. The van der Waals surface area contributed by atoms with E-state index < -0.39 is 28.0 Å². The third-order valence-electron chi connectivity index (χ3n) is 6.28. The molecular weight excluding hydrogens is 418 g/mol. The van der Waals surface area contributed by atoms with E-state index in [0.717, 1.165) is 25.7 Å². The molecule has 0 bridgehead atoms. The number of sulfonamides is 1. The first-order valence-corrected chi connectivity index (χ1v) is 12.5. The quantitative estimate of drug-likeness (QED) is 0.710. The van der Waals surface area contributed by atoms with Crippen LogP contribution in [0.4, 0.5) is 0 Å². The Hall–Kier alpha value is -2.42. The van der Waals surface area contributed by atoms with Crippen molar-refractivity contribution in [1.82, 2.24) is 10.2 Å². The maximum Gasteiger partial charge on any atom is 0.311 e. The van der Waals surface area contributed by atoms with Gasteiger partial charge in [0.25, 0.3) is 15.9 Å². The highest BCUT2D eigenvalue weighted by atomic mass is 32.2. The van der Waals surface area contributed by atoms with Crippen molar-refractivity contribution in [3.8, 4) is 0 Å². The fraction of sp³-hybridized carbons (Fsp3) is 0.591. The number of carbonyl (C=O) groups is 2. The predicted octanol–water partition coefficient (Wildman–Crippen LogP) is 2.23. The molecular formula is C22H29N3O5S. The maximum absolute atomic E-state index is 12.8. The predicted molar refractivity (Wildman–Crippen MR) is 115 cm³/mol. The number of esters is 1. The molecule has 1 aromatic rings. The summed E-state index contributed by atoms with van der Waals surface area (Å²) in [6.45, 7) is 2.53. The number of amidine groups is 1. The Morgan fingerprint density at radius 3 is 2.65 bits per heavy atom. The summed E-state index contributed by atoms with van der Waals surface area (Å²) in [7, 11) is -3.71. The fourth-order valence-electron chi connectivity index (χ4n) is 4.57. The van der Waals surface area contributed by atoms with Crippen molar-refractivity contribution >= 4 is 27.7 Å². The summed E-state index contributed by atoms with van der Waals surface area (Å²) >= 11 is 0. The zero-order valence-corrected chi connectivity index (χ0v) is 18.6. The van der Waals surface area contributed by atoms with Gasteiger partial charge in [-0.2, -0.15) is 8.42 Å². The summed E-state index contributed by atoms with van der Waals surface area (Å²) in [4.78, 5) is 27.2. The Bertz CT molecular complexity index is 985. The van der Waals surface area contributed by atoms with Crippen LogP contribution in [0.25, 0.3) is 0 Å². The number of amides is 1. The summed E-state index contributed by atoms with van der Waals surface area (Å²) in [5.41, 5.74) is 0.566. The first-order valence-electron chi connectivity index (χ1n) is 11.1. The molecule has 2 aliphatic heterocycles. The van der Waals surface area contributed by atoms with Gasteiger partial charge in [-0.3, -0.25) is 9.59 Å². The van der Waals surface area contributed by atoms with E-state index in [1.807, 2.05) is 4.90 Å². The minimum atomic E-state index is -3.71. The van der Waals surface area contributed by atoms with Crippen LogP contribution in [0.1, 0.15) is 57.4 Å². The molecule has 1 aromatic carbocycles. The van der Waals surface area contributed by atoms with Crippen LogP contribution >= 0.6 is 0 Å². The Kier molecular flexibility index (Phi) is 6.31. The van der Waals surface area contributed by atoms with E-state index in [1.54, 1.807) is 31.2 Å². The molecule has 2 fully saturated rings. The smallest absolute Gasteiger partial charge is 0.311 e. The number of ether oxygens (including phenoxy) is 1. The minimum Gasteiger partial charge on any atom is -0.452 e. The number of rotatable bonds is 4. The van der Waals surface area contributed by atoms with Gasteiger partial charge in [-0.15, -0.1) is 4.40 Å². The number of fused-ring (bicyclic) bond motifs is 1. The standard InChI is InChI=1S/C22H29N3O5S/c1-15(21(26)23-17-9-3-2-4-10-17)30-22(27)16-8-7-13-25(14-16)20-18-11-5-6-12-19(18)31(28,29)24-20/h5-6,11-12,15-17H,2-4,7-10,13-14H2,1H3,(H,23,26)/t15-,16-/m1/s1. The lowest BCUT2D eigenvalue weighted by Gasteiger charge is -2.33. The highest BCUT2D eigenvalue weighted by molar-refractivity contribution is 7.90. The highest BCUT2D eigenvalue weighted by Gasteiger charge is 2.36. The Morgan fingerprint density at radius 2 is 1.87 bits per heavy atom. The molecule has 1 N–H and O–H groups in total. The van der Waals surface area contributed by atoms with Crippen LogP contribution < -0.4 is 5.32 Å². The topological polar surface area (TPSA) is 105 Å². The van der Waals surface area contributed by atoms with E-state index in [9.17, 15) is 18.0 Å². The van der Waals surface area contributed by atoms with Gasteiger partial charge < -0.3 is 15.0 Å². The van der Waals surface area contributed by atoms with Crippen LogP contribution in [0.15, 0.2) is 33.6 Å². The van der Waals surface area contributed by atoms with Crippen LogP contribution in [0.2, 0.25) is 0 Å². The minimum absolute atomic E-state index is 0.162. The molecule has 3 aliphatic rings. The van der Waals surface area contributed by atoms with Crippen molar-refractivity contribution in [1.29, 1.82) is 0 Å². The SMILES string of the molecule is C[C@@H](OC(=O)[C@@H]1CCCN(C2=NS(=O)(=O)c3ccccc32)C1)C(=O)NC1CCCCC1. The first-order chi connectivity index (χ1) is 14.8. The molecule has 2 heterocycles. The number of carbonyl (C=O) groups excluding carboxylic acids is 2. The van der Waals surface area contributed by atoms with Crippen molar-refractivity contribution in [2.75, 3.05) is 13.1 Å². The van der Waals surface area contributed by atoms with Gasteiger partial charge in [0.05, 0.1) is 5.92 Å². The number of nitrogens with one attached hydrogen (secondary N) is 1. The molecule has 8 nitrogen and oxygen atoms in total. The molecule has 9 heteroatoms. The van der Waals surface area contributed by atoms with E-state index in [0.29, 0.717) is 37.3 Å². The molecule has 4 rings (SSSR count). The second-order valence-electron chi connectivity index (χ2n) is 8.59. The normalized spacial score (nSPS) is 24.1. The molecule has 168 valence electrons.